The van der Waals surface area contributed by atoms with Crippen LogP contribution in [0.3, 0.4) is 0 Å². The second kappa shape index (κ2) is 11.1. The van der Waals surface area contributed by atoms with Crippen molar-refractivity contribution in [3.8, 4) is 11.5 Å². The van der Waals surface area contributed by atoms with Gasteiger partial charge in [0, 0.05) is 36.4 Å². The van der Waals surface area contributed by atoms with Crippen molar-refractivity contribution in [3.63, 3.8) is 0 Å². The highest BCUT2D eigenvalue weighted by Gasteiger charge is 2.21. The van der Waals surface area contributed by atoms with Crippen LogP contribution < -0.4 is 19.9 Å². The van der Waals surface area contributed by atoms with Crippen molar-refractivity contribution in [2.75, 3.05) is 18.2 Å². The summed E-state index contributed by atoms with van der Waals surface area (Å²) in [6.07, 6.45) is 3.05. The Bertz CT molecular complexity index is 1070. The second-order valence-electron chi connectivity index (χ2n) is 7.20. The highest BCUT2D eigenvalue weighted by atomic mass is 19.3. The van der Waals surface area contributed by atoms with Crippen molar-refractivity contribution in [2.45, 2.75) is 25.9 Å². The van der Waals surface area contributed by atoms with Crippen molar-refractivity contribution < 1.29 is 36.6 Å². The van der Waals surface area contributed by atoms with Crippen LogP contribution in [0.2, 0.25) is 0 Å². The summed E-state index contributed by atoms with van der Waals surface area (Å²) < 4.78 is 65.9. The van der Waals surface area contributed by atoms with Gasteiger partial charge in [-0.1, -0.05) is 18.2 Å². The molecule has 1 N–H and O–H groups in total. The number of anilines is 2. The molecule has 0 radical (unpaired) electrons. The minimum atomic E-state index is -3.22. The molecule has 1 aliphatic rings. The van der Waals surface area contributed by atoms with Crippen molar-refractivity contribution in [3.05, 3.63) is 78.1 Å². The quantitative estimate of drug-likeness (QED) is 0.425. The Kier molecular flexibility index (Phi) is 7.78. The summed E-state index contributed by atoms with van der Waals surface area (Å²) in [6.45, 7) is -5.56. The summed E-state index contributed by atoms with van der Waals surface area (Å²) in [5.74, 6) is -0.993. The van der Waals surface area contributed by atoms with E-state index < -0.39 is 24.7 Å². The zero-order chi connectivity index (χ0) is 23.9. The van der Waals surface area contributed by atoms with Gasteiger partial charge in [-0.3, -0.25) is 9.82 Å². The molecule has 0 spiro atoms. The van der Waals surface area contributed by atoms with Crippen LogP contribution in [0.1, 0.15) is 17.2 Å². The number of nitrogens with one attached hydrogen (secondary N) is 1. The number of alkyl halides is 4. The van der Waals surface area contributed by atoms with Crippen molar-refractivity contribution in [2.24, 2.45) is 0 Å². The maximum Gasteiger partial charge on any atom is 0.387 e. The van der Waals surface area contributed by atoms with E-state index in [2.05, 4.69) is 19.9 Å². The molecule has 3 aromatic rings. The number of hydrogen-bond donors (Lipinski definition) is 1. The predicted octanol–water partition coefficient (Wildman–Crippen LogP) is 5.17. The van der Waals surface area contributed by atoms with E-state index in [4.69, 9.17) is 9.57 Å². The standard InChI is InChI=1S/C23H21F4N3O4/c24-22(25)33-19-7-6-18(10-20(19)34-23(26)27)30(13-15-3-2-8-28-11-15)17-5-1-4-16(9-17)21-12-29-32-14-31-21/h1-11,21-23,29H,12-14H2. The fourth-order valence-electron chi connectivity index (χ4n) is 3.51. The molecule has 1 aromatic heterocycles. The minimum Gasteiger partial charge on any atom is -0.431 e. The number of nitrogens with zero attached hydrogens (tertiary/aromatic N) is 2. The Morgan fingerprint density at radius 1 is 0.971 bits per heavy atom. The number of rotatable bonds is 9. The third-order valence-electron chi connectivity index (χ3n) is 4.99. The molecule has 11 heteroatoms. The van der Waals surface area contributed by atoms with Gasteiger partial charge < -0.3 is 19.1 Å². The fourth-order valence-corrected chi connectivity index (χ4v) is 3.51. The number of hydroxylamine groups is 1. The number of ether oxygens (including phenoxy) is 3. The Balaban J connectivity index is 1.73. The number of hydrogen-bond acceptors (Lipinski definition) is 7. The van der Waals surface area contributed by atoms with E-state index in [1.807, 2.05) is 35.2 Å². The average Bonchev–Trinajstić information content (AvgIpc) is 2.84. The van der Waals surface area contributed by atoms with Gasteiger partial charge in [-0.15, -0.1) is 0 Å². The van der Waals surface area contributed by atoms with Crippen LogP contribution in [0, 0.1) is 0 Å². The third kappa shape index (κ3) is 6.13. The first kappa shape index (κ1) is 23.7. The molecule has 0 bridgehead atoms. The topological polar surface area (TPSA) is 65.1 Å². The summed E-state index contributed by atoms with van der Waals surface area (Å²) in [4.78, 5) is 10.9. The van der Waals surface area contributed by atoms with Gasteiger partial charge in [-0.2, -0.15) is 23.0 Å². The Morgan fingerprint density at radius 2 is 1.76 bits per heavy atom. The van der Waals surface area contributed by atoms with Crippen LogP contribution in [-0.2, 0) is 16.1 Å². The van der Waals surface area contributed by atoms with Crippen LogP contribution in [0.15, 0.2) is 67.0 Å². The SMILES string of the molecule is FC(F)Oc1ccc(N(Cc2cccnc2)c2cccc(C3CNOCO3)c2)cc1OC(F)F. The number of aromatic nitrogens is 1. The summed E-state index contributed by atoms with van der Waals surface area (Å²) in [7, 11) is 0. The van der Waals surface area contributed by atoms with Crippen molar-refractivity contribution in [1.29, 1.82) is 0 Å². The second-order valence-corrected chi connectivity index (χ2v) is 7.20. The Labute approximate surface area is 192 Å². The van der Waals surface area contributed by atoms with Gasteiger partial charge in [0.05, 0.1) is 6.54 Å². The van der Waals surface area contributed by atoms with E-state index in [1.165, 1.54) is 18.2 Å². The molecular formula is C23H21F4N3O4. The summed E-state index contributed by atoms with van der Waals surface area (Å²) in [5, 5.41) is 0. The average molecular weight is 479 g/mol. The largest absolute Gasteiger partial charge is 0.431 e. The molecule has 2 heterocycles. The monoisotopic (exact) mass is 479 g/mol. The molecule has 1 atom stereocenters. The van der Waals surface area contributed by atoms with Gasteiger partial charge in [0.2, 0.25) is 0 Å². The van der Waals surface area contributed by atoms with Crippen LogP contribution in [0.5, 0.6) is 11.5 Å². The minimum absolute atomic E-state index is 0.0915. The first-order valence-electron chi connectivity index (χ1n) is 10.3. The maximum absolute atomic E-state index is 13.0. The Morgan fingerprint density at radius 3 is 2.47 bits per heavy atom. The number of pyridine rings is 1. The summed E-state index contributed by atoms with van der Waals surface area (Å²) in [6, 6.07) is 15.0. The molecule has 0 amide bonds. The molecule has 1 aliphatic heterocycles. The van der Waals surface area contributed by atoms with Crippen LogP contribution >= 0.6 is 0 Å². The number of benzene rings is 2. The van der Waals surface area contributed by atoms with E-state index >= 15 is 0 Å². The summed E-state index contributed by atoms with van der Waals surface area (Å²) in [5.41, 5.74) is 5.62. The predicted molar refractivity (Wildman–Crippen MR) is 114 cm³/mol. The van der Waals surface area contributed by atoms with Crippen molar-refractivity contribution in [1.82, 2.24) is 10.5 Å². The van der Waals surface area contributed by atoms with Gasteiger partial charge in [0.1, 0.15) is 6.10 Å². The van der Waals surface area contributed by atoms with Crippen LogP contribution in [0.4, 0.5) is 28.9 Å². The third-order valence-corrected chi connectivity index (χ3v) is 4.99. The number of halogens is 4. The smallest absolute Gasteiger partial charge is 0.387 e. The lowest BCUT2D eigenvalue weighted by molar-refractivity contribution is -0.178. The van der Waals surface area contributed by atoms with Gasteiger partial charge in [0.25, 0.3) is 0 Å². The van der Waals surface area contributed by atoms with E-state index in [1.54, 1.807) is 18.5 Å². The van der Waals surface area contributed by atoms with E-state index in [-0.39, 0.29) is 12.9 Å². The van der Waals surface area contributed by atoms with Crippen LogP contribution in [0.25, 0.3) is 0 Å². The molecule has 1 saturated heterocycles. The highest BCUT2D eigenvalue weighted by Crippen LogP contribution is 2.38. The zero-order valence-electron chi connectivity index (χ0n) is 17.7. The maximum atomic E-state index is 13.0. The lowest BCUT2D eigenvalue weighted by Gasteiger charge is -2.28. The van der Waals surface area contributed by atoms with Gasteiger partial charge >= 0.3 is 13.2 Å². The van der Waals surface area contributed by atoms with Gasteiger partial charge in [0.15, 0.2) is 18.3 Å². The Hall–Kier alpha value is -3.41. The molecule has 34 heavy (non-hydrogen) atoms. The molecule has 7 nitrogen and oxygen atoms in total. The normalized spacial score (nSPS) is 16.0. The fraction of sp³-hybridized carbons (Fsp3) is 0.261. The first-order valence-corrected chi connectivity index (χ1v) is 10.3. The van der Waals surface area contributed by atoms with E-state index in [0.717, 1.165) is 11.1 Å². The van der Waals surface area contributed by atoms with Gasteiger partial charge in [-0.25, -0.2) is 0 Å². The highest BCUT2D eigenvalue weighted by molar-refractivity contribution is 5.67. The molecular weight excluding hydrogens is 458 g/mol. The molecule has 0 aliphatic carbocycles. The lowest BCUT2D eigenvalue weighted by atomic mass is 10.1. The molecule has 2 aromatic carbocycles. The lowest BCUT2D eigenvalue weighted by Crippen LogP contribution is -2.31. The molecule has 4 rings (SSSR count). The summed E-state index contributed by atoms with van der Waals surface area (Å²) >= 11 is 0. The molecule has 180 valence electrons. The van der Waals surface area contributed by atoms with E-state index in [9.17, 15) is 17.6 Å². The van der Waals surface area contributed by atoms with E-state index in [0.29, 0.717) is 24.5 Å². The van der Waals surface area contributed by atoms with Gasteiger partial charge in [-0.05, 0) is 41.5 Å². The first-order chi connectivity index (χ1) is 16.5. The molecule has 1 fully saturated rings. The molecule has 1 unspecified atom stereocenters. The zero-order valence-corrected chi connectivity index (χ0v) is 17.7. The van der Waals surface area contributed by atoms with Crippen molar-refractivity contribution >= 4 is 11.4 Å². The molecule has 0 saturated carbocycles. The van der Waals surface area contributed by atoms with Crippen LogP contribution in [-0.4, -0.2) is 31.5 Å².